The van der Waals surface area contributed by atoms with Gasteiger partial charge in [0.2, 0.25) is 0 Å². The van der Waals surface area contributed by atoms with E-state index in [1.807, 2.05) is 18.5 Å². The van der Waals surface area contributed by atoms with Crippen LogP contribution in [0.4, 0.5) is 5.69 Å². The molecular weight excluding hydrogens is 321 g/mol. The summed E-state index contributed by atoms with van der Waals surface area (Å²) >= 11 is 12.0. The number of rotatable bonds is 5. The lowest BCUT2D eigenvalue weighted by molar-refractivity contribution is 0.101. The van der Waals surface area contributed by atoms with Gasteiger partial charge in [0.1, 0.15) is 11.5 Å². The summed E-state index contributed by atoms with van der Waals surface area (Å²) in [6, 6.07) is 4.98. The normalized spacial score (nSPS) is 10.8. The minimum absolute atomic E-state index is 0.210. The van der Waals surface area contributed by atoms with Crippen molar-refractivity contribution < 1.29 is 4.79 Å². The molecule has 0 aliphatic heterocycles. The number of carbonyl (C=O) groups excluding carboxylic acids is 1. The third-order valence-electron chi connectivity index (χ3n) is 3.46. The summed E-state index contributed by atoms with van der Waals surface area (Å²) in [6.07, 6.45) is 2.53. The van der Waals surface area contributed by atoms with Crippen LogP contribution in [-0.2, 0) is 19.9 Å². The van der Waals surface area contributed by atoms with Crippen LogP contribution >= 0.6 is 23.2 Å². The van der Waals surface area contributed by atoms with Crippen LogP contribution in [0.5, 0.6) is 0 Å². The molecule has 118 valence electrons. The minimum atomic E-state index is -0.210. The third-order valence-corrected chi connectivity index (χ3v) is 4.01. The van der Waals surface area contributed by atoms with E-state index >= 15 is 0 Å². The molecule has 0 atom stereocenters. The van der Waals surface area contributed by atoms with Crippen LogP contribution < -0.4 is 5.32 Å². The van der Waals surface area contributed by atoms with Gasteiger partial charge in [-0.15, -0.1) is 0 Å². The first-order chi connectivity index (χ1) is 10.5. The molecule has 1 aromatic heterocycles. The van der Waals surface area contributed by atoms with Crippen molar-refractivity contribution in [1.82, 2.24) is 9.55 Å². The monoisotopic (exact) mass is 339 g/mol. The molecule has 0 spiro atoms. The molecule has 0 unspecified atom stereocenters. The van der Waals surface area contributed by atoms with Crippen LogP contribution in [0.3, 0.4) is 0 Å². The van der Waals surface area contributed by atoms with E-state index in [1.54, 1.807) is 18.2 Å². The Morgan fingerprint density at radius 3 is 2.64 bits per heavy atom. The van der Waals surface area contributed by atoms with E-state index in [0.29, 0.717) is 27.8 Å². The molecule has 2 aromatic rings. The summed E-state index contributed by atoms with van der Waals surface area (Å²) in [5.41, 5.74) is 1.92. The molecule has 0 saturated carbocycles. The zero-order valence-electron chi connectivity index (χ0n) is 12.9. The van der Waals surface area contributed by atoms with Crippen molar-refractivity contribution >= 4 is 34.8 Å². The molecule has 0 radical (unpaired) electrons. The van der Waals surface area contributed by atoms with Gasteiger partial charge in [-0.1, -0.05) is 37.0 Å². The van der Waals surface area contributed by atoms with E-state index in [-0.39, 0.29) is 5.91 Å². The summed E-state index contributed by atoms with van der Waals surface area (Å²) in [6.45, 7) is 4.08. The van der Waals surface area contributed by atoms with Crippen LogP contribution in [0, 0.1) is 0 Å². The first-order valence-electron chi connectivity index (χ1n) is 7.28. The Kier molecular flexibility index (Phi) is 5.48. The number of benzene rings is 1. The zero-order valence-corrected chi connectivity index (χ0v) is 14.4. The van der Waals surface area contributed by atoms with Gasteiger partial charge in [0.15, 0.2) is 0 Å². The fraction of sp³-hybridized carbons (Fsp3) is 0.375. The second-order valence-electron chi connectivity index (χ2n) is 5.06. The van der Waals surface area contributed by atoms with E-state index in [9.17, 15) is 4.79 Å². The SMILES string of the molecule is CCCc1nc(CC)c(C(=O)Nc2ccc(Cl)cc2Cl)n1C. The van der Waals surface area contributed by atoms with Gasteiger partial charge < -0.3 is 9.88 Å². The number of anilines is 1. The molecule has 0 bridgehead atoms. The third kappa shape index (κ3) is 3.45. The molecular formula is C16H19Cl2N3O. The quantitative estimate of drug-likeness (QED) is 0.871. The number of amides is 1. The predicted octanol–water partition coefficient (Wildman–Crippen LogP) is 4.49. The topological polar surface area (TPSA) is 46.9 Å². The molecule has 4 nitrogen and oxygen atoms in total. The van der Waals surface area contributed by atoms with Gasteiger partial charge in [0.25, 0.3) is 5.91 Å². The van der Waals surface area contributed by atoms with Crippen molar-refractivity contribution in [1.29, 1.82) is 0 Å². The number of aromatic nitrogens is 2. The van der Waals surface area contributed by atoms with Crippen molar-refractivity contribution in [2.24, 2.45) is 7.05 Å². The Morgan fingerprint density at radius 2 is 2.05 bits per heavy atom. The lowest BCUT2D eigenvalue weighted by Gasteiger charge is -2.10. The molecule has 0 saturated heterocycles. The van der Waals surface area contributed by atoms with Crippen LogP contribution in [-0.4, -0.2) is 15.5 Å². The molecule has 0 fully saturated rings. The Hall–Kier alpha value is -1.52. The van der Waals surface area contributed by atoms with Gasteiger partial charge in [-0.3, -0.25) is 4.79 Å². The summed E-state index contributed by atoms with van der Waals surface area (Å²) in [4.78, 5) is 17.2. The smallest absolute Gasteiger partial charge is 0.274 e. The Bertz CT molecular complexity index is 695. The highest BCUT2D eigenvalue weighted by atomic mass is 35.5. The number of aryl methyl sites for hydroxylation is 2. The number of halogens is 2. The lowest BCUT2D eigenvalue weighted by atomic mass is 10.2. The maximum absolute atomic E-state index is 12.6. The summed E-state index contributed by atoms with van der Waals surface area (Å²) in [7, 11) is 1.87. The van der Waals surface area contributed by atoms with Gasteiger partial charge in [0, 0.05) is 18.5 Å². The fourth-order valence-electron chi connectivity index (χ4n) is 2.36. The van der Waals surface area contributed by atoms with Gasteiger partial charge in [-0.05, 0) is 31.0 Å². The van der Waals surface area contributed by atoms with E-state index in [0.717, 1.165) is 24.4 Å². The predicted molar refractivity (Wildman–Crippen MR) is 91.0 cm³/mol. The van der Waals surface area contributed by atoms with Crippen molar-refractivity contribution in [3.05, 3.63) is 45.5 Å². The first-order valence-corrected chi connectivity index (χ1v) is 8.04. The Morgan fingerprint density at radius 1 is 1.32 bits per heavy atom. The highest BCUT2D eigenvalue weighted by Crippen LogP contribution is 2.26. The summed E-state index contributed by atoms with van der Waals surface area (Å²) in [5, 5.41) is 3.78. The highest BCUT2D eigenvalue weighted by Gasteiger charge is 2.20. The van der Waals surface area contributed by atoms with Crippen LogP contribution in [0.15, 0.2) is 18.2 Å². The van der Waals surface area contributed by atoms with Crippen LogP contribution in [0.2, 0.25) is 10.0 Å². The Labute approximate surface area is 140 Å². The van der Waals surface area contributed by atoms with E-state index in [4.69, 9.17) is 23.2 Å². The summed E-state index contributed by atoms with van der Waals surface area (Å²) < 4.78 is 1.86. The molecule has 6 heteroatoms. The average Bonchev–Trinajstić information content (AvgIpc) is 2.79. The van der Waals surface area contributed by atoms with Crippen LogP contribution in [0.25, 0.3) is 0 Å². The van der Waals surface area contributed by atoms with E-state index < -0.39 is 0 Å². The molecule has 0 aliphatic rings. The molecule has 0 aliphatic carbocycles. The molecule has 1 N–H and O–H groups in total. The number of imidazole rings is 1. The zero-order chi connectivity index (χ0) is 16.3. The average molecular weight is 340 g/mol. The molecule has 2 rings (SSSR count). The number of carbonyl (C=O) groups is 1. The molecule has 1 amide bonds. The van der Waals surface area contributed by atoms with Crippen molar-refractivity contribution in [2.45, 2.75) is 33.1 Å². The molecule has 1 heterocycles. The molecule has 1 aromatic carbocycles. The standard InChI is InChI=1S/C16H19Cl2N3O/c1-4-6-14-19-12(5-2)15(21(14)3)16(22)20-13-8-7-10(17)9-11(13)18/h7-9H,4-6H2,1-3H3,(H,20,22). The first kappa shape index (κ1) is 16.8. The second kappa shape index (κ2) is 7.16. The van der Waals surface area contributed by atoms with Gasteiger partial charge in [0.05, 0.1) is 16.4 Å². The van der Waals surface area contributed by atoms with Crippen molar-refractivity contribution in [3.8, 4) is 0 Å². The number of hydrogen-bond acceptors (Lipinski definition) is 2. The molecule has 22 heavy (non-hydrogen) atoms. The largest absolute Gasteiger partial charge is 0.327 e. The van der Waals surface area contributed by atoms with E-state index in [2.05, 4.69) is 17.2 Å². The summed E-state index contributed by atoms with van der Waals surface area (Å²) in [5.74, 6) is 0.713. The van der Waals surface area contributed by atoms with E-state index in [1.165, 1.54) is 0 Å². The fourth-order valence-corrected chi connectivity index (χ4v) is 2.81. The van der Waals surface area contributed by atoms with Gasteiger partial charge in [-0.2, -0.15) is 0 Å². The maximum atomic E-state index is 12.6. The Balaban J connectivity index is 2.32. The second-order valence-corrected chi connectivity index (χ2v) is 5.91. The highest BCUT2D eigenvalue weighted by molar-refractivity contribution is 6.36. The number of nitrogens with one attached hydrogen (secondary N) is 1. The number of nitrogens with zero attached hydrogens (tertiary/aromatic N) is 2. The van der Waals surface area contributed by atoms with Gasteiger partial charge in [-0.25, -0.2) is 4.98 Å². The van der Waals surface area contributed by atoms with Crippen molar-refractivity contribution in [2.75, 3.05) is 5.32 Å². The van der Waals surface area contributed by atoms with Crippen molar-refractivity contribution in [3.63, 3.8) is 0 Å². The maximum Gasteiger partial charge on any atom is 0.274 e. The van der Waals surface area contributed by atoms with Gasteiger partial charge >= 0.3 is 0 Å². The lowest BCUT2D eigenvalue weighted by Crippen LogP contribution is -2.18. The number of hydrogen-bond donors (Lipinski definition) is 1. The minimum Gasteiger partial charge on any atom is -0.327 e. The van der Waals surface area contributed by atoms with Crippen LogP contribution in [0.1, 0.15) is 42.3 Å².